The summed E-state index contributed by atoms with van der Waals surface area (Å²) in [6, 6.07) is 7.42. The standard InChI is InChI=1S/C15H16Cl2N2O/c1-8(2)11-5-4-10(6-9(11)3)20-15-13(17)7-12(16)14(18)19-15/h4-8H,1-3H3,(H2,18,19). The minimum Gasteiger partial charge on any atom is -0.437 e. The van der Waals surface area contributed by atoms with Gasteiger partial charge in [-0.05, 0) is 42.2 Å². The summed E-state index contributed by atoms with van der Waals surface area (Å²) in [6.07, 6.45) is 0. The molecule has 1 aromatic heterocycles. The first-order valence-electron chi connectivity index (χ1n) is 6.28. The van der Waals surface area contributed by atoms with Crippen LogP contribution in [0.1, 0.15) is 30.9 Å². The van der Waals surface area contributed by atoms with Gasteiger partial charge in [0.15, 0.2) is 0 Å². The smallest absolute Gasteiger partial charge is 0.240 e. The van der Waals surface area contributed by atoms with Crippen molar-refractivity contribution in [2.24, 2.45) is 0 Å². The fraction of sp³-hybridized carbons (Fsp3) is 0.267. The first kappa shape index (κ1) is 14.9. The Balaban J connectivity index is 2.31. The van der Waals surface area contributed by atoms with Gasteiger partial charge in [-0.15, -0.1) is 0 Å². The second-order valence-corrected chi connectivity index (χ2v) is 5.73. The van der Waals surface area contributed by atoms with E-state index in [0.717, 1.165) is 5.56 Å². The average Bonchev–Trinajstić information content (AvgIpc) is 2.35. The molecule has 5 heteroatoms. The molecule has 2 rings (SSSR count). The summed E-state index contributed by atoms with van der Waals surface area (Å²) >= 11 is 11.9. The number of pyridine rings is 1. The van der Waals surface area contributed by atoms with Crippen LogP contribution >= 0.6 is 23.2 Å². The molecule has 0 amide bonds. The molecule has 0 atom stereocenters. The number of benzene rings is 1. The lowest BCUT2D eigenvalue weighted by molar-refractivity contribution is 0.463. The SMILES string of the molecule is Cc1cc(Oc2nc(N)c(Cl)cc2Cl)ccc1C(C)C. The van der Waals surface area contributed by atoms with Gasteiger partial charge >= 0.3 is 0 Å². The molecular formula is C15H16Cl2N2O. The maximum absolute atomic E-state index is 6.05. The van der Waals surface area contributed by atoms with Gasteiger partial charge in [0.25, 0.3) is 0 Å². The molecule has 3 nitrogen and oxygen atoms in total. The van der Waals surface area contributed by atoms with E-state index < -0.39 is 0 Å². The van der Waals surface area contributed by atoms with Crippen molar-refractivity contribution >= 4 is 29.0 Å². The van der Waals surface area contributed by atoms with Gasteiger partial charge in [0.05, 0.1) is 5.02 Å². The number of nitrogen functional groups attached to an aromatic ring is 1. The van der Waals surface area contributed by atoms with Crippen molar-refractivity contribution in [3.63, 3.8) is 0 Å². The van der Waals surface area contributed by atoms with Crippen molar-refractivity contribution < 1.29 is 4.74 Å². The van der Waals surface area contributed by atoms with Crippen LogP contribution in [-0.2, 0) is 0 Å². The van der Waals surface area contributed by atoms with E-state index in [1.807, 2.05) is 25.1 Å². The van der Waals surface area contributed by atoms with Crippen LogP contribution in [0.25, 0.3) is 0 Å². The molecule has 0 aliphatic rings. The van der Waals surface area contributed by atoms with Crippen molar-refractivity contribution in [2.45, 2.75) is 26.7 Å². The Labute approximate surface area is 128 Å². The predicted octanol–water partition coefficient (Wildman–Crippen LogP) is 5.19. The van der Waals surface area contributed by atoms with Crippen molar-refractivity contribution in [1.82, 2.24) is 4.98 Å². The molecule has 0 saturated carbocycles. The number of nitrogens with zero attached hydrogens (tertiary/aromatic N) is 1. The number of hydrogen-bond acceptors (Lipinski definition) is 3. The van der Waals surface area contributed by atoms with Gasteiger partial charge in [0, 0.05) is 0 Å². The zero-order valence-electron chi connectivity index (χ0n) is 11.6. The number of nitrogens with two attached hydrogens (primary N) is 1. The number of hydrogen-bond donors (Lipinski definition) is 1. The quantitative estimate of drug-likeness (QED) is 0.848. The third-order valence-electron chi connectivity index (χ3n) is 3.00. The summed E-state index contributed by atoms with van der Waals surface area (Å²) < 4.78 is 5.68. The Morgan fingerprint density at radius 2 is 1.85 bits per heavy atom. The number of aromatic nitrogens is 1. The van der Waals surface area contributed by atoms with E-state index in [2.05, 4.69) is 18.8 Å². The van der Waals surface area contributed by atoms with Crippen LogP contribution in [0.4, 0.5) is 5.82 Å². The molecular weight excluding hydrogens is 295 g/mol. The second kappa shape index (κ2) is 5.90. The zero-order chi connectivity index (χ0) is 14.9. The predicted molar refractivity (Wildman–Crippen MR) is 84.0 cm³/mol. The van der Waals surface area contributed by atoms with Crippen LogP contribution in [0.2, 0.25) is 10.0 Å². The minimum absolute atomic E-state index is 0.196. The number of aryl methyl sites for hydroxylation is 1. The Morgan fingerprint density at radius 1 is 1.15 bits per heavy atom. The largest absolute Gasteiger partial charge is 0.437 e. The van der Waals surface area contributed by atoms with Gasteiger partial charge in [0.2, 0.25) is 5.88 Å². The molecule has 0 saturated heterocycles. The second-order valence-electron chi connectivity index (χ2n) is 4.92. The molecule has 106 valence electrons. The van der Waals surface area contributed by atoms with Gasteiger partial charge in [-0.2, -0.15) is 4.98 Å². The maximum Gasteiger partial charge on any atom is 0.240 e. The minimum atomic E-state index is 0.196. The lowest BCUT2D eigenvalue weighted by Crippen LogP contribution is -1.97. The third kappa shape index (κ3) is 3.17. The summed E-state index contributed by atoms with van der Waals surface area (Å²) in [5.74, 6) is 1.59. The first-order chi connectivity index (χ1) is 9.38. The van der Waals surface area contributed by atoms with E-state index in [0.29, 0.717) is 21.7 Å². The van der Waals surface area contributed by atoms with Crippen molar-refractivity contribution in [1.29, 1.82) is 0 Å². The third-order valence-corrected chi connectivity index (χ3v) is 3.58. The summed E-state index contributed by atoms with van der Waals surface area (Å²) in [6.45, 7) is 6.36. The lowest BCUT2D eigenvalue weighted by atomic mass is 9.98. The van der Waals surface area contributed by atoms with Crippen LogP contribution in [0.15, 0.2) is 24.3 Å². The van der Waals surface area contributed by atoms with Crippen LogP contribution in [-0.4, -0.2) is 4.98 Å². The van der Waals surface area contributed by atoms with Crippen LogP contribution < -0.4 is 10.5 Å². The molecule has 0 unspecified atom stereocenters. The average molecular weight is 311 g/mol. The first-order valence-corrected chi connectivity index (χ1v) is 7.04. The van der Waals surface area contributed by atoms with Crippen LogP contribution in [0.3, 0.4) is 0 Å². The Hall–Kier alpha value is -1.45. The number of anilines is 1. The van der Waals surface area contributed by atoms with Gasteiger partial charge < -0.3 is 10.5 Å². The number of rotatable bonds is 3. The van der Waals surface area contributed by atoms with Gasteiger partial charge in [-0.1, -0.05) is 43.1 Å². The van der Waals surface area contributed by atoms with Crippen molar-refractivity contribution in [3.05, 3.63) is 45.4 Å². The molecule has 0 bridgehead atoms. The van der Waals surface area contributed by atoms with E-state index in [1.165, 1.54) is 11.6 Å². The fourth-order valence-corrected chi connectivity index (χ4v) is 2.40. The molecule has 0 spiro atoms. The van der Waals surface area contributed by atoms with Crippen molar-refractivity contribution in [2.75, 3.05) is 5.73 Å². The van der Waals surface area contributed by atoms with Crippen LogP contribution in [0.5, 0.6) is 11.6 Å². The van der Waals surface area contributed by atoms with Crippen molar-refractivity contribution in [3.8, 4) is 11.6 Å². The molecule has 2 N–H and O–H groups in total. The molecule has 2 aromatic rings. The highest BCUT2D eigenvalue weighted by Crippen LogP contribution is 2.33. The van der Waals surface area contributed by atoms with E-state index in [9.17, 15) is 0 Å². The molecule has 0 aliphatic heterocycles. The lowest BCUT2D eigenvalue weighted by Gasteiger charge is -2.12. The number of halogens is 2. The molecule has 1 heterocycles. The molecule has 0 aliphatic carbocycles. The fourth-order valence-electron chi connectivity index (χ4n) is 2.01. The molecule has 20 heavy (non-hydrogen) atoms. The normalized spacial score (nSPS) is 10.9. The molecule has 0 fully saturated rings. The maximum atomic E-state index is 6.05. The summed E-state index contributed by atoms with van der Waals surface area (Å²) in [5.41, 5.74) is 8.10. The Kier molecular flexibility index (Phi) is 4.41. The number of ether oxygens (including phenoxy) is 1. The monoisotopic (exact) mass is 310 g/mol. The van der Waals surface area contributed by atoms with E-state index >= 15 is 0 Å². The zero-order valence-corrected chi connectivity index (χ0v) is 13.1. The van der Waals surface area contributed by atoms with Gasteiger partial charge in [-0.3, -0.25) is 0 Å². The highest BCUT2D eigenvalue weighted by molar-refractivity contribution is 6.36. The summed E-state index contributed by atoms with van der Waals surface area (Å²) in [7, 11) is 0. The summed E-state index contributed by atoms with van der Waals surface area (Å²) in [4.78, 5) is 4.05. The molecule has 1 aromatic carbocycles. The highest BCUT2D eigenvalue weighted by atomic mass is 35.5. The van der Waals surface area contributed by atoms with E-state index in [1.54, 1.807) is 0 Å². The Morgan fingerprint density at radius 3 is 2.45 bits per heavy atom. The van der Waals surface area contributed by atoms with E-state index in [-0.39, 0.29) is 11.7 Å². The van der Waals surface area contributed by atoms with E-state index in [4.69, 9.17) is 33.7 Å². The van der Waals surface area contributed by atoms with Gasteiger partial charge in [0.1, 0.15) is 16.6 Å². The Bertz CT molecular complexity index is 642. The topological polar surface area (TPSA) is 48.1 Å². The summed E-state index contributed by atoms with van der Waals surface area (Å²) in [5, 5.41) is 0.642. The van der Waals surface area contributed by atoms with Crippen LogP contribution in [0, 0.1) is 6.92 Å². The highest BCUT2D eigenvalue weighted by Gasteiger charge is 2.11. The van der Waals surface area contributed by atoms with Gasteiger partial charge in [-0.25, -0.2) is 0 Å². The molecule has 0 radical (unpaired) electrons.